The number of methoxy groups -OCH3 is 1. The first-order chi connectivity index (χ1) is 16.1. The van der Waals surface area contributed by atoms with E-state index in [1.165, 1.54) is 17.0 Å². The quantitative estimate of drug-likeness (QED) is 0.403. The van der Waals surface area contributed by atoms with Gasteiger partial charge < -0.3 is 14.4 Å². The highest BCUT2D eigenvalue weighted by atomic mass is 32.1. The lowest BCUT2D eigenvalue weighted by Gasteiger charge is -2.36. The number of aromatic nitrogens is 2. The monoisotopic (exact) mass is 456 g/mol. The summed E-state index contributed by atoms with van der Waals surface area (Å²) < 4.78 is 11.7. The van der Waals surface area contributed by atoms with E-state index in [0.717, 1.165) is 51.4 Å². The first kappa shape index (κ1) is 21.4. The number of thiazole rings is 1. The fourth-order valence-corrected chi connectivity index (χ4v) is 5.26. The van der Waals surface area contributed by atoms with Gasteiger partial charge in [-0.3, -0.25) is 4.98 Å². The van der Waals surface area contributed by atoms with Crippen molar-refractivity contribution in [2.24, 2.45) is 0 Å². The number of benzene rings is 2. The van der Waals surface area contributed by atoms with Crippen molar-refractivity contribution < 1.29 is 9.47 Å². The molecule has 6 nitrogen and oxygen atoms in total. The lowest BCUT2D eigenvalue weighted by atomic mass is 10.0. The van der Waals surface area contributed by atoms with Crippen LogP contribution in [0.5, 0.6) is 5.75 Å². The second-order valence-electron chi connectivity index (χ2n) is 8.27. The smallest absolute Gasteiger partial charge is 0.152 e. The van der Waals surface area contributed by atoms with Crippen LogP contribution < -0.4 is 9.64 Å². The molecular weight excluding hydrogens is 432 g/mol. The third-order valence-corrected chi connectivity index (χ3v) is 6.74. The molecule has 3 heterocycles. The number of hydrogen-bond donors (Lipinski definition) is 0. The molecule has 1 aliphatic heterocycles. The molecule has 1 saturated heterocycles. The number of morpholine rings is 1. The third kappa shape index (κ3) is 4.04. The lowest BCUT2D eigenvalue weighted by Crippen LogP contribution is -2.45. The molecule has 0 spiro atoms. The Morgan fingerprint density at radius 1 is 1.09 bits per heavy atom. The minimum atomic E-state index is 0.217. The largest absolute Gasteiger partial charge is 0.495 e. The molecule has 2 aromatic heterocycles. The highest BCUT2D eigenvalue weighted by molar-refractivity contribution is 7.13. The molecule has 166 valence electrons. The average molecular weight is 457 g/mol. The van der Waals surface area contributed by atoms with Gasteiger partial charge in [0.05, 0.1) is 24.8 Å². The molecule has 5 rings (SSSR count). The minimum Gasteiger partial charge on any atom is -0.495 e. The van der Waals surface area contributed by atoms with E-state index < -0.39 is 0 Å². The van der Waals surface area contributed by atoms with E-state index in [2.05, 4.69) is 54.1 Å². The van der Waals surface area contributed by atoms with Crippen LogP contribution in [0.2, 0.25) is 0 Å². The standard InChI is InChI=1S/C26H24N4O2S/c1-16-13-30(14-17(2)32-16)20-9-7-18(8-10-20)23-12-28-24-21(25(23)31-3)5-4-6-22(24)26-29-19(11-27)15-33-26/h4-10,12,15-17H,13-14H2,1-3H3/t16-,17+. The van der Waals surface area contributed by atoms with Crippen LogP contribution >= 0.6 is 11.3 Å². The van der Waals surface area contributed by atoms with Crippen LogP contribution in [-0.2, 0) is 4.74 Å². The Labute approximate surface area is 197 Å². The van der Waals surface area contributed by atoms with Crippen molar-refractivity contribution >= 4 is 27.9 Å². The lowest BCUT2D eigenvalue weighted by molar-refractivity contribution is -0.00521. The van der Waals surface area contributed by atoms with Gasteiger partial charge in [-0.25, -0.2) is 4.98 Å². The van der Waals surface area contributed by atoms with Gasteiger partial charge >= 0.3 is 0 Å². The molecule has 1 fully saturated rings. The minimum absolute atomic E-state index is 0.217. The van der Waals surface area contributed by atoms with E-state index in [4.69, 9.17) is 19.7 Å². The number of nitrogens with zero attached hydrogens (tertiary/aromatic N) is 4. The van der Waals surface area contributed by atoms with Crippen LogP contribution in [0.25, 0.3) is 32.6 Å². The normalized spacial score (nSPS) is 18.3. The molecular formula is C26H24N4O2S. The summed E-state index contributed by atoms with van der Waals surface area (Å²) in [6.45, 7) is 6.00. The molecule has 4 aromatic rings. The number of rotatable bonds is 4. The predicted molar refractivity (Wildman–Crippen MR) is 132 cm³/mol. The van der Waals surface area contributed by atoms with Gasteiger partial charge in [-0.15, -0.1) is 11.3 Å². The SMILES string of the molecule is COc1c(-c2ccc(N3C[C@@H](C)O[C@@H](C)C3)cc2)cnc2c(-c3nc(C#N)cs3)cccc12. The first-order valence-corrected chi connectivity index (χ1v) is 11.8. The Kier molecular flexibility index (Phi) is 5.71. The van der Waals surface area contributed by atoms with Gasteiger partial charge in [-0.1, -0.05) is 18.2 Å². The van der Waals surface area contributed by atoms with Crippen molar-refractivity contribution in [1.82, 2.24) is 9.97 Å². The summed E-state index contributed by atoms with van der Waals surface area (Å²) >= 11 is 1.44. The van der Waals surface area contributed by atoms with Gasteiger partial charge in [0, 0.05) is 46.9 Å². The summed E-state index contributed by atoms with van der Waals surface area (Å²) in [5, 5.41) is 12.6. The first-order valence-electron chi connectivity index (χ1n) is 10.9. The molecule has 0 aliphatic carbocycles. The predicted octanol–water partition coefficient (Wildman–Crippen LogP) is 5.52. The third-order valence-electron chi connectivity index (χ3n) is 5.86. The number of nitriles is 1. The van der Waals surface area contributed by atoms with E-state index >= 15 is 0 Å². The highest BCUT2D eigenvalue weighted by Gasteiger charge is 2.22. The maximum Gasteiger partial charge on any atom is 0.152 e. The molecule has 7 heteroatoms. The molecule has 1 aliphatic rings. The molecule has 0 N–H and O–H groups in total. The number of hydrogen-bond acceptors (Lipinski definition) is 7. The zero-order chi connectivity index (χ0) is 22.9. The fourth-order valence-electron chi connectivity index (χ4n) is 4.49. The van der Waals surface area contributed by atoms with Gasteiger partial charge in [-0.2, -0.15) is 5.26 Å². The summed E-state index contributed by atoms with van der Waals surface area (Å²) in [5.41, 5.74) is 5.30. The molecule has 0 amide bonds. The average Bonchev–Trinajstić information content (AvgIpc) is 3.31. The van der Waals surface area contributed by atoms with Crippen LogP contribution in [0.3, 0.4) is 0 Å². The van der Waals surface area contributed by atoms with E-state index in [9.17, 15) is 0 Å². The van der Waals surface area contributed by atoms with E-state index in [1.54, 1.807) is 12.5 Å². The van der Waals surface area contributed by atoms with E-state index in [0.29, 0.717) is 5.69 Å². The number of fused-ring (bicyclic) bond motifs is 1. The zero-order valence-corrected chi connectivity index (χ0v) is 19.6. The van der Waals surface area contributed by atoms with Crippen molar-refractivity contribution in [3.05, 3.63) is 59.7 Å². The highest BCUT2D eigenvalue weighted by Crippen LogP contribution is 2.39. The topological polar surface area (TPSA) is 71.3 Å². The summed E-state index contributed by atoms with van der Waals surface area (Å²) in [7, 11) is 1.69. The molecule has 0 bridgehead atoms. The van der Waals surface area contributed by atoms with Gasteiger partial charge in [0.25, 0.3) is 0 Å². The van der Waals surface area contributed by atoms with Crippen LogP contribution in [0.15, 0.2) is 54.0 Å². The summed E-state index contributed by atoms with van der Waals surface area (Å²) in [6.07, 6.45) is 2.29. The Morgan fingerprint density at radius 3 is 2.52 bits per heavy atom. The Bertz CT molecular complexity index is 1330. The van der Waals surface area contributed by atoms with Gasteiger partial charge in [-0.05, 0) is 43.7 Å². The van der Waals surface area contributed by atoms with E-state index in [1.807, 2.05) is 24.4 Å². The summed E-state index contributed by atoms with van der Waals surface area (Å²) in [5.74, 6) is 0.778. The molecule has 0 unspecified atom stereocenters. The summed E-state index contributed by atoms with van der Waals surface area (Å²) in [4.78, 5) is 11.6. The van der Waals surface area contributed by atoms with Crippen LogP contribution in [-0.4, -0.2) is 42.4 Å². The maximum absolute atomic E-state index is 9.13. The van der Waals surface area contributed by atoms with Gasteiger partial charge in [0.1, 0.15) is 16.8 Å². The fraction of sp³-hybridized carbons (Fsp3) is 0.269. The zero-order valence-electron chi connectivity index (χ0n) is 18.8. The Hall–Kier alpha value is -3.47. The number of anilines is 1. The second kappa shape index (κ2) is 8.81. The van der Waals surface area contributed by atoms with Crippen molar-refractivity contribution in [2.75, 3.05) is 25.1 Å². The molecule has 0 saturated carbocycles. The number of pyridine rings is 1. The van der Waals surface area contributed by atoms with Crippen molar-refractivity contribution in [2.45, 2.75) is 26.1 Å². The number of para-hydroxylation sites is 1. The second-order valence-corrected chi connectivity index (χ2v) is 9.12. The molecule has 0 radical (unpaired) electrons. The van der Waals surface area contributed by atoms with Crippen molar-refractivity contribution in [3.63, 3.8) is 0 Å². The van der Waals surface area contributed by atoms with Gasteiger partial charge in [0.15, 0.2) is 5.69 Å². The molecule has 2 aromatic carbocycles. The number of ether oxygens (including phenoxy) is 2. The van der Waals surface area contributed by atoms with Crippen LogP contribution in [0.4, 0.5) is 5.69 Å². The Morgan fingerprint density at radius 2 is 1.85 bits per heavy atom. The van der Waals surface area contributed by atoms with Crippen molar-refractivity contribution in [3.8, 4) is 33.5 Å². The maximum atomic E-state index is 9.13. The van der Waals surface area contributed by atoms with Gasteiger partial charge in [0.2, 0.25) is 0 Å². The molecule has 33 heavy (non-hydrogen) atoms. The molecule has 2 atom stereocenters. The van der Waals surface area contributed by atoms with Crippen LogP contribution in [0.1, 0.15) is 19.5 Å². The van der Waals surface area contributed by atoms with Crippen LogP contribution in [0, 0.1) is 11.3 Å². The summed E-state index contributed by atoms with van der Waals surface area (Å²) in [6, 6.07) is 16.6. The van der Waals surface area contributed by atoms with Crippen molar-refractivity contribution in [1.29, 1.82) is 5.26 Å². The van der Waals surface area contributed by atoms with E-state index in [-0.39, 0.29) is 12.2 Å². The Balaban J connectivity index is 1.53.